The molecule has 0 fully saturated rings. The Morgan fingerprint density at radius 3 is 2.20 bits per heavy atom. The van der Waals surface area contributed by atoms with Gasteiger partial charge in [0.15, 0.2) is 18.2 Å². The topological polar surface area (TPSA) is 65.0 Å². The molecule has 6 heteroatoms. The molecule has 5 nitrogen and oxygen atoms in total. The Bertz CT molecular complexity index is 1300. The van der Waals surface area contributed by atoms with Gasteiger partial charge in [-0.15, -0.1) is 0 Å². The molecule has 4 aromatic carbocycles. The van der Waals surface area contributed by atoms with E-state index in [1.807, 2.05) is 72.8 Å². The molecule has 0 unspecified atom stereocenters. The first-order valence-corrected chi connectivity index (χ1v) is 11.1. The van der Waals surface area contributed by atoms with Crippen LogP contribution in [-0.4, -0.2) is 17.7 Å². The first-order valence-electron chi connectivity index (χ1n) is 11.1. The average Bonchev–Trinajstić information content (AvgIpc) is 2.87. The molecule has 0 amide bonds. The Labute approximate surface area is 203 Å². The monoisotopic (exact) mass is 472 g/mol. The summed E-state index contributed by atoms with van der Waals surface area (Å²) < 4.78 is 30.8. The first-order chi connectivity index (χ1) is 17.0. The van der Waals surface area contributed by atoms with Crippen LogP contribution in [0, 0.1) is 12.7 Å². The number of ether oxygens (including phenoxy) is 3. The van der Waals surface area contributed by atoms with E-state index in [0.717, 1.165) is 33.6 Å². The molecule has 0 saturated heterocycles. The molecular weight excluding hydrogens is 447 g/mol. The minimum atomic E-state index is -1.17. The summed E-state index contributed by atoms with van der Waals surface area (Å²) in [5, 5.41) is 8.66. The molecule has 178 valence electrons. The van der Waals surface area contributed by atoms with Gasteiger partial charge in [-0.05, 0) is 65.1 Å². The molecule has 35 heavy (non-hydrogen) atoms. The van der Waals surface area contributed by atoms with Crippen molar-refractivity contribution in [3.8, 4) is 28.4 Å². The van der Waals surface area contributed by atoms with Crippen LogP contribution in [0.1, 0.15) is 16.7 Å². The van der Waals surface area contributed by atoms with Crippen molar-refractivity contribution in [2.75, 3.05) is 6.61 Å². The van der Waals surface area contributed by atoms with Crippen LogP contribution in [0.5, 0.6) is 17.2 Å². The molecule has 0 radical (unpaired) electrons. The first kappa shape index (κ1) is 23.8. The van der Waals surface area contributed by atoms with E-state index in [-0.39, 0.29) is 12.4 Å². The number of carbonyl (C=O) groups is 1. The maximum absolute atomic E-state index is 14.2. The molecule has 0 aliphatic rings. The summed E-state index contributed by atoms with van der Waals surface area (Å²) in [6.45, 7) is 2.18. The fraction of sp³-hybridized carbons (Fsp3) is 0.138. The number of hydrogen-bond donors (Lipinski definition) is 1. The minimum Gasteiger partial charge on any atom is -0.489 e. The molecule has 4 aromatic rings. The number of carboxylic acids is 1. The van der Waals surface area contributed by atoms with Crippen molar-refractivity contribution in [1.29, 1.82) is 0 Å². The molecule has 1 N–H and O–H groups in total. The van der Waals surface area contributed by atoms with Crippen molar-refractivity contribution in [2.45, 2.75) is 20.1 Å². The van der Waals surface area contributed by atoms with Gasteiger partial charge in [0.25, 0.3) is 0 Å². The van der Waals surface area contributed by atoms with Gasteiger partial charge in [-0.1, -0.05) is 54.6 Å². The van der Waals surface area contributed by atoms with Crippen LogP contribution >= 0.6 is 0 Å². The molecule has 0 spiro atoms. The molecule has 0 aromatic heterocycles. The van der Waals surface area contributed by atoms with E-state index in [1.54, 1.807) is 6.07 Å². The van der Waals surface area contributed by atoms with Gasteiger partial charge in [-0.25, -0.2) is 9.18 Å². The highest BCUT2D eigenvalue weighted by atomic mass is 19.1. The smallest absolute Gasteiger partial charge is 0.341 e. The molecule has 4 rings (SSSR count). The second-order valence-electron chi connectivity index (χ2n) is 8.01. The maximum atomic E-state index is 14.2. The van der Waals surface area contributed by atoms with Crippen molar-refractivity contribution >= 4 is 5.97 Å². The molecule has 0 atom stereocenters. The molecule has 0 heterocycles. The Balaban J connectivity index is 1.43. The molecule has 0 bridgehead atoms. The summed E-state index contributed by atoms with van der Waals surface area (Å²) in [4.78, 5) is 10.6. The highest BCUT2D eigenvalue weighted by molar-refractivity contribution is 5.69. The number of aryl methyl sites for hydroxylation is 1. The zero-order valence-corrected chi connectivity index (χ0v) is 19.2. The number of carboxylic acid groups (broad SMARTS) is 1. The van der Waals surface area contributed by atoms with Crippen LogP contribution < -0.4 is 14.2 Å². The van der Waals surface area contributed by atoms with E-state index in [2.05, 4.69) is 6.92 Å². The van der Waals surface area contributed by atoms with E-state index in [4.69, 9.17) is 19.3 Å². The van der Waals surface area contributed by atoms with Crippen LogP contribution in [0.15, 0.2) is 91.0 Å². The predicted molar refractivity (Wildman–Crippen MR) is 131 cm³/mol. The molecule has 0 aliphatic carbocycles. The maximum Gasteiger partial charge on any atom is 0.341 e. The lowest BCUT2D eigenvalue weighted by Crippen LogP contribution is -2.10. The summed E-state index contributed by atoms with van der Waals surface area (Å²) in [6, 6.07) is 28.1. The third-order valence-electron chi connectivity index (χ3n) is 5.36. The average molecular weight is 473 g/mol. The Morgan fingerprint density at radius 2 is 1.46 bits per heavy atom. The van der Waals surface area contributed by atoms with E-state index in [9.17, 15) is 9.18 Å². The Kier molecular flexibility index (Phi) is 7.63. The van der Waals surface area contributed by atoms with Gasteiger partial charge >= 0.3 is 5.97 Å². The predicted octanol–water partition coefficient (Wildman–Crippen LogP) is 6.42. The Hall–Kier alpha value is -4.32. The minimum absolute atomic E-state index is 0.133. The van der Waals surface area contributed by atoms with Crippen LogP contribution in [-0.2, 0) is 18.0 Å². The largest absolute Gasteiger partial charge is 0.489 e. The molecule has 0 aliphatic heterocycles. The third-order valence-corrected chi connectivity index (χ3v) is 5.36. The van der Waals surface area contributed by atoms with Crippen molar-refractivity contribution in [2.24, 2.45) is 0 Å². The van der Waals surface area contributed by atoms with Crippen LogP contribution in [0.4, 0.5) is 4.39 Å². The summed E-state index contributed by atoms with van der Waals surface area (Å²) in [5.41, 5.74) is 5.23. The summed E-state index contributed by atoms with van der Waals surface area (Å²) in [6.07, 6.45) is 0. The van der Waals surface area contributed by atoms with E-state index in [0.29, 0.717) is 12.4 Å². The van der Waals surface area contributed by atoms with Gasteiger partial charge in [0.1, 0.15) is 24.7 Å². The van der Waals surface area contributed by atoms with Crippen molar-refractivity contribution < 1.29 is 28.5 Å². The summed E-state index contributed by atoms with van der Waals surface area (Å²) in [7, 11) is 0. The van der Waals surface area contributed by atoms with Gasteiger partial charge in [0.05, 0.1) is 0 Å². The highest BCUT2D eigenvalue weighted by Crippen LogP contribution is 2.29. The number of benzene rings is 4. The molecular formula is C29H25FO5. The lowest BCUT2D eigenvalue weighted by molar-refractivity contribution is -0.139. The van der Waals surface area contributed by atoms with Gasteiger partial charge in [-0.2, -0.15) is 0 Å². The fourth-order valence-electron chi connectivity index (χ4n) is 3.57. The lowest BCUT2D eigenvalue weighted by atomic mass is 9.98. The summed E-state index contributed by atoms with van der Waals surface area (Å²) in [5.74, 6) is -0.875. The van der Waals surface area contributed by atoms with Crippen LogP contribution in [0.25, 0.3) is 11.1 Å². The van der Waals surface area contributed by atoms with Crippen molar-refractivity contribution in [1.82, 2.24) is 0 Å². The van der Waals surface area contributed by atoms with Gasteiger partial charge in [0, 0.05) is 6.07 Å². The second-order valence-corrected chi connectivity index (χ2v) is 8.01. The quantitative estimate of drug-likeness (QED) is 0.288. The van der Waals surface area contributed by atoms with Gasteiger partial charge < -0.3 is 19.3 Å². The highest BCUT2D eigenvalue weighted by Gasteiger charge is 2.09. The molecule has 0 saturated carbocycles. The zero-order chi connectivity index (χ0) is 24.6. The van der Waals surface area contributed by atoms with Crippen molar-refractivity contribution in [3.63, 3.8) is 0 Å². The van der Waals surface area contributed by atoms with Crippen LogP contribution in [0.2, 0.25) is 0 Å². The van der Waals surface area contributed by atoms with E-state index in [1.165, 1.54) is 12.1 Å². The lowest BCUT2D eigenvalue weighted by Gasteiger charge is -2.13. The van der Waals surface area contributed by atoms with E-state index >= 15 is 0 Å². The number of aliphatic carboxylic acids is 1. The van der Waals surface area contributed by atoms with Gasteiger partial charge in [0.2, 0.25) is 0 Å². The number of halogens is 1. The van der Waals surface area contributed by atoms with E-state index < -0.39 is 18.4 Å². The SMILES string of the molecule is Cc1ccc(OCc2ccccc2)cc1-c1cccc(COc2ccc(OCC(=O)O)c(F)c2)c1. The Morgan fingerprint density at radius 1 is 0.771 bits per heavy atom. The fourth-order valence-corrected chi connectivity index (χ4v) is 3.57. The zero-order valence-electron chi connectivity index (χ0n) is 19.2. The standard InChI is InChI=1S/C29H25FO5/c1-20-10-11-24(33-17-21-6-3-2-4-7-21)15-26(20)23-9-5-8-22(14-23)18-34-25-12-13-28(27(30)16-25)35-19-29(31)32/h2-16H,17-19H2,1H3,(H,31,32). The van der Waals surface area contributed by atoms with Crippen molar-refractivity contribution in [3.05, 3.63) is 114 Å². The number of hydrogen-bond acceptors (Lipinski definition) is 4. The summed E-state index contributed by atoms with van der Waals surface area (Å²) >= 11 is 0. The van der Waals surface area contributed by atoms with Crippen LogP contribution in [0.3, 0.4) is 0 Å². The van der Waals surface area contributed by atoms with Gasteiger partial charge in [-0.3, -0.25) is 0 Å². The normalized spacial score (nSPS) is 10.6. The third kappa shape index (κ3) is 6.60. The number of rotatable bonds is 10. The second kappa shape index (κ2) is 11.2.